The van der Waals surface area contributed by atoms with Crippen LogP contribution in [0.4, 0.5) is 5.69 Å². The Morgan fingerprint density at radius 1 is 1.25 bits per heavy atom. The Labute approximate surface area is 102 Å². The lowest BCUT2D eigenvalue weighted by molar-refractivity contribution is 0.453. The summed E-state index contributed by atoms with van der Waals surface area (Å²) in [7, 11) is 0. The molecule has 82 valence electrons. The third-order valence-corrected chi connectivity index (χ3v) is 2.88. The van der Waals surface area contributed by atoms with E-state index in [-0.39, 0.29) is 0 Å². The van der Waals surface area contributed by atoms with Crippen LogP contribution in [0.5, 0.6) is 11.6 Å². The predicted molar refractivity (Wildman–Crippen MR) is 65.4 cm³/mol. The highest BCUT2D eigenvalue weighted by atomic mass is 79.9. The minimum Gasteiger partial charge on any atom is -0.436 e. The smallest absolute Gasteiger partial charge is 0.240 e. The molecule has 0 amide bonds. The molecule has 0 unspecified atom stereocenters. The third kappa shape index (κ3) is 2.14. The molecule has 0 bridgehead atoms. The fourth-order valence-corrected chi connectivity index (χ4v) is 1.55. The molecular weight excluding hydrogens is 270 g/mol. The van der Waals surface area contributed by atoms with Gasteiger partial charge in [-0.2, -0.15) is 0 Å². The van der Waals surface area contributed by atoms with Gasteiger partial charge in [-0.1, -0.05) is 6.07 Å². The number of anilines is 1. The molecule has 2 N–H and O–H groups in total. The molecule has 1 aromatic carbocycles. The van der Waals surface area contributed by atoms with Gasteiger partial charge in [0.15, 0.2) is 0 Å². The molecule has 0 aliphatic carbocycles. The van der Waals surface area contributed by atoms with Crippen LogP contribution < -0.4 is 10.5 Å². The molecule has 0 saturated carbocycles. The third-order valence-electron chi connectivity index (χ3n) is 2.04. The van der Waals surface area contributed by atoms with Crippen LogP contribution in [-0.4, -0.2) is 9.97 Å². The van der Waals surface area contributed by atoms with Gasteiger partial charge in [0.25, 0.3) is 0 Å². The van der Waals surface area contributed by atoms with Gasteiger partial charge in [0.2, 0.25) is 5.88 Å². The van der Waals surface area contributed by atoms with Crippen LogP contribution in [0.25, 0.3) is 0 Å². The van der Waals surface area contributed by atoms with Crippen LogP contribution in [0.15, 0.2) is 35.1 Å². The van der Waals surface area contributed by atoms with Crippen LogP contribution in [0, 0.1) is 6.92 Å². The van der Waals surface area contributed by atoms with E-state index < -0.39 is 0 Å². The molecule has 0 fully saturated rings. The molecule has 0 aliphatic rings. The van der Waals surface area contributed by atoms with Gasteiger partial charge >= 0.3 is 0 Å². The van der Waals surface area contributed by atoms with E-state index in [1.54, 1.807) is 18.5 Å². The van der Waals surface area contributed by atoms with E-state index in [1.165, 1.54) is 0 Å². The Kier molecular flexibility index (Phi) is 3.05. The van der Waals surface area contributed by atoms with Crippen LogP contribution in [0.1, 0.15) is 5.69 Å². The summed E-state index contributed by atoms with van der Waals surface area (Å²) < 4.78 is 6.34. The number of halogens is 1. The Balaban J connectivity index is 2.35. The summed E-state index contributed by atoms with van der Waals surface area (Å²) in [5.41, 5.74) is 7.11. The fourth-order valence-electron chi connectivity index (χ4n) is 1.21. The highest BCUT2D eigenvalue weighted by Crippen LogP contribution is 2.33. The van der Waals surface area contributed by atoms with Crippen molar-refractivity contribution < 1.29 is 4.74 Å². The molecule has 16 heavy (non-hydrogen) atoms. The van der Waals surface area contributed by atoms with Crippen molar-refractivity contribution in [1.82, 2.24) is 9.97 Å². The average Bonchev–Trinajstić information content (AvgIpc) is 2.28. The molecule has 5 heteroatoms. The molecule has 0 aliphatic heterocycles. The van der Waals surface area contributed by atoms with E-state index >= 15 is 0 Å². The van der Waals surface area contributed by atoms with Crippen LogP contribution >= 0.6 is 15.9 Å². The average molecular weight is 280 g/mol. The zero-order valence-corrected chi connectivity index (χ0v) is 10.2. The van der Waals surface area contributed by atoms with E-state index in [0.717, 1.165) is 10.2 Å². The molecule has 2 rings (SSSR count). The van der Waals surface area contributed by atoms with E-state index in [0.29, 0.717) is 17.3 Å². The number of hydrogen-bond acceptors (Lipinski definition) is 4. The highest BCUT2D eigenvalue weighted by molar-refractivity contribution is 9.10. The number of rotatable bonds is 2. The van der Waals surface area contributed by atoms with Crippen molar-refractivity contribution in [3.05, 3.63) is 40.8 Å². The number of benzene rings is 1. The Morgan fingerprint density at radius 2 is 2.00 bits per heavy atom. The van der Waals surface area contributed by atoms with Crippen LogP contribution in [0.2, 0.25) is 0 Å². The van der Waals surface area contributed by atoms with Crippen LogP contribution in [0.3, 0.4) is 0 Å². The Bertz CT molecular complexity index is 516. The standard InChI is InChI=1S/C11H10BrN3O/c1-7-11(15-6-5-14-7)16-9-4-2-3-8(13)10(9)12/h2-6H,13H2,1H3. The van der Waals surface area contributed by atoms with Crippen molar-refractivity contribution in [2.75, 3.05) is 5.73 Å². The first-order valence-corrected chi connectivity index (χ1v) is 5.47. The first-order valence-electron chi connectivity index (χ1n) is 4.68. The lowest BCUT2D eigenvalue weighted by Gasteiger charge is -2.09. The number of ether oxygens (including phenoxy) is 1. The predicted octanol–water partition coefficient (Wildman–Crippen LogP) is 2.92. The largest absolute Gasteiger partial charge is 0.436 e. The SMILES string of the molecule is Cc1nccnc1Oc1cccc(N)c1Br. The fraction of sp³-hybridized carbons (Fsp3) is 0.0909. The minimum absolute atomic E-state index is 0.480. The van der Waals surface area contributed by atoms with Crippen molar-refractivity contribution in [2.24, 2.45) is 0 Å². The molecule has 0 spiro atoms. The molecule has 1 aromatic heterocycles. The Hall–Kier alpha value is -1.62. The van der Waals surface area contributed by atoms with Gasteiger partial charge in [0.05, 0.1) is 10.2 Å². The lowest BCUT2D eigenvalue weighted by Crippen LogP contribution is -1.95. The van der Waals surface area contributed by atoms with Crippen LogP contribution in [-0.2, 0) is 0 Å². The molecule has 2 aromatic rings. The summed E-state index contributed by atoms with van der Waals surface area (Å²) in [5.74, 6) is 1.11. The normalized spacial score (nSPS) is 10.1. The Morgan fingerprint density at radius 3 is 2.75 bits per heavy atom. The molecule has 1 heterocycles. The molecule has 4 nitrogen and oxygen atoms in total. The van der Waals surface area contributed by atoms with Crippen molar-refractivity contribution in [1.29, 1.82) is 0 Å². The number of aromatic nitrogens is 2. The summed E-state index contributed by atoms with van der Waals surface area (Å²) in [6.45, 7) is 1.84. The molecule has 0 atom stereocenters. The van der Waals surface area contributed by atoms with E-state index in [2.05, 4.69) is 25.9 Å². The maximum atomic E-state index is 5.75. The lowest BCUT2D eigenvalue weighted by atomic mass is 10.3. The molecule has 0 saturated heterocycles. The summed E-state index contributed by atoms with van der Waals surface area (Å²) >= 11 is 3.36. The second-order valence-electron chi connectivity index (χ2n) is 3.21. The zero-order valence-electron chi connectivity index (χ0n) is 8.64. The monoisotopic (exact) mass is 279 g/mol. The summed E-state index contributed by atoms with van der Waals surface area (Å²) in [4.78, 5) is 8.19. The number of hydrogen-bond donors (Lipinski definition) is 1. The van der Waals surface area contributed by atoms with Crippen molar-refractivity contribution in [2.45, 2.75) is 6.92 Å². The first kappa shape index (κ1) is 10.9. The molecular formula is C11H10BrN3O. The second-order valence-corrected chi connectivity index (χ2v) is 4.00. The number of nitrogens with zero attached hydrogens (tertiary/aromatic N) is 2. The van der Waals surface area contributed by atoms with Gasteiger partial charge in [0.1, 0.15) is 5.75 Å². The summed E-state index contributed by atoms with van der Waals surface area (Å²) in [5, 5.41) is 0. The van der Waals surface area contributed by atoms with Gasteiger partial charge in [-0.15, -0.1) is 0 Å². The molecule has 0 radical (unpaired) electrons. The maximum Gasteiger partial charge on any atom is 0.240 e. The van der Waals surface area contributed by atoms with E-state index in [1.807, 2.05) is 19.1 Å². The van der Waals surface area contributed by atoms with Gasteiger partial charge in [-0.05, 0) is 35.0 Å². The summed E-state index contributed by atoms with van der Waals surface area (Å²) in [6.07, 6.45) is 3.21. The second kappa shape index (κ2) is 4.49. The number of nitrogens with two attached hydrogens (primary N) is 1. The van der Waals surface area contributed by atoms with E-state index in [4.69, 9.17) is 10.5 Å². The maximum absolute atomic E-state index is 5.75. The van der Waals surface area contributed by atoms with Gasteiger partial charge in [-0.3, -0.25) is 4.98 Å². The van der Waals surface area contributed by atoms with Crippen molar-refractivity contribution in [3.8, 4) is 11.6 Å². The number of aryl methyl sites for hydroxylation is 1. The van der Waals surface area contributed by atoms with E-state index in [9.17, 15) is 0 Å². The highest BCUT2D eigenvalue weighted by Gasteiger charge is 2.08. The zero-order chi connectivity index (χ0) is 11.5. The minimum atomic E-state index is 0.480. The van der Waals surface area contributed by atoms with Crippen molar-refractivity contribution >= 4 is 21.6 Å². The van der Waals surface area contributed by atoms with Gasteiger partial charge in [0, 0.05) is 18.1 Å². The van der Waals surface area contributed by atoms with Gasteiger partial charge < -0.3 is 10.5 Å². The van der Waals surface area contributed by atoms with Gasteiger partial charge in [-0.25, -0.2) is 4.98 Å². The summed E-state index contributed by atoms with van der Waals surface area (Å²) in [6, 6.07) is 5.43. The first-order chi connectivity index (χ1) is 7.68. The topological polar surface area (TPSA) is 61.0 Å². The van der Waals surface area contributed by atoms with Crippen molar-refractivity contribution in [3.63, 3.8) is 0 Å². The quantitative estimate of drug-likeness (QED) is 0.859. The number of nitrogen functional groups attached to an aromatic ring is 1.